The van der Waals surface area contributed by atoms with Crippen molar-refractivity contribution in [1.29, 1.82) is 0 Å². The summed E-state index contributed by atoms with van der Waals surface area (Å²) >= 11 is 0. The molecular formula is C15H28O3. The highest BCUT2D eigenvalue weighted by molar-refractivity contribution is 5.69. The number of rotatable bonds is 0. The highest BCUT2D eigenvalue weighted by atomic mass is 16.5. The van der Waals surface area contributed by atoms with E-state index >= 15 is 0 Å². The zero-order valence-corrected chi connectivity index (χ0v) is 11.5. The van der Waals surface area contributed by atoms with E-state index in [4.69, 9.17) is 4.74 Å². The summed E-state index contributed by atoms with van der Waals surface area (Å²) in [6, 6.07) is 0. The predicted molar refractivity (Wildman–Crippen MR) is 72.4 cm³/mol. The molecule has 0 spiro atoms. The molecule has 1 fully saturated rings. The lowest BCUT2D eigenvalue weighted by atomic mass is 10.0. The lowest BCUT2D eigenvalue weighted by Crippen LogP contribution is -2.10. The van der Waals surface area contributed by atoms with Gasteiger partial charge in [-0.15, -0.1) is 0 Å². The molecule has 1 aliphatic heterocycles. The Morgan fingerprint density at radius 3 is 2.11 bits per heavy atom. The van der Waals surface area contributed by atoms with Crippen LogP contribution in [-0.2, 0) is 9.53 Å². The topological polar surface area (TPSA) is 46.5 Å². The Labute approximate surface area is 111 Å². The molecule has 1 atom stereocenters. The number of hydrogen-bond acceptors (Lipinski definition) is 3. The van der Waals surface area contributed by atoms with Crippen molar-refractivity contribution in [2.45, 2.75) is 83.2 Å². The van der Waals surface area contributed by atoms with Gasteiger partial charge in [-0.3, -0.25) is 4.79 Å². The SMILES string of the molecule is O=C1CCCCCCCCCC[C@@H](O)CCCO1. The van der Waals surface area contributed by atoms with Crippen molar-refractivity contribution in [3.63, 3.8) is 0 Å². The Kier molecular flexibility index (Phi) is 8.92. The second kappa shape index (κ2) is 10.4. The average Bonchev–Trinajstić information content (AvgIpc) is 2.35. The third-order valence-corrected chi connectivity index (χ3v) is 3.61. The van der Waals surface area contributed by atoms with E-state index in [2.05, 4.69) is 0 Å². The molecule has 0 aromatic rings. The molecule has 0 radical (unpaired) electrons. The molecule has 0 aromatic heterocycles. The Hall–Kier alpha value is -0.570. The number of carbonyl (C=O) groups is 1. The van der Waals surface area contributed by atoms with E-state index in [1.54, 1.807) is 0 Å². The van der Waals surface area contributed by atoms with E-state index in [9.17, 15) is 9.90 Å². The smallest absolute Gasteiger partial charge is 0.305 e. The van der Waals surface area contributed by atoms with Gasteiger partial charge < -0.3 is 9.84 Å². The Bertz CT molecular complexity index is 216. The molecule has 106 valence electrons. The van der Waals surface area contributed by atoms with Crippen LogP contribution in [0.4, 0.5) is 0 Å². The summed E-state index contributed by atoms with van der Waals surface area (Å²) in [5.74, 6) is -0.0726. The van der Waals surface area contributed by atoms with Crippen LogP contribution in [-0.4, -0.2) is 23.8 Å². The quantitative estimate of drug-likeness (QED) is 0.674. The molecule has 3 heteroatoms. The van der Waals surface area contributed by atoms with E-state index in [1.165, 1.54) is 32.1 Å². The van der Waals surface area contributed by atoms with Crippen LogP contribution >= 0.6 is 0 Å². The fraction of sp³-hybridized carbons (Fsp3) is 0.933. The first-order valence-corrected chi connectivity index (χ1v) is 7.63. The van der Waals surface area contributed by atoms with Crippen LogP contribution in [0.2, 0.25) is 0 Å². The van der Waals surface area contributed by atoms with Gasteiger partial charge in [-0.1, -0.05) is 44.9 Å². The molecule has 0 unspecified atom stereocenters. The molecule has 0 aromatic carbocycles. The summed E-state index contributed by atoms with van der Waals surface area (Å²) in [6.45, 7) is 0.468. The van der Waals surface area contributed by atoms with Gasteiger partial charge in [0, 0.05) is 6.42 Å². The summed E-state index contributed by atoms with van der Waals surface area (Å²) in [5, 5.41) is 9.74. The number of cyclic esters (lactones) is 1. The minimum absolute atomic E-state index is 0.0726. The maximum Gasteiger partial charge on any atom is 0.305 e. The predicted octanol–water partition coefficient (Wildman–Crippen LogP) is 3.59. The maximum atomic E-state index is 11.4. The number of hydrogen-bond donors (Lipinski definition) is 1. The van der Waals surface area contributed by atoms with Gasteiger partial charge in [0.25, 0.3) is 0 Å². The summed E-state index contributed by atoms with van der Waals surface area (Å²) in [7, 11) is 0. The first kappa shape index (κ1) is 15.5. The lowest BCUT2D eigenvalue weighted by molar-refractivity contribution is -0.144. The van der Waals surface area contributed by atoms with Gasteiger partial charge in [0.05, 0.1) is 12.7 Å². The molecule has 1 rings (SSSR count). The van der Waals surface area contributed by atoms with E-state index < -0.39 is 0 Å². The van der Waals surface area contributed by atoms with Gasteiger partial charge >= 0.3 is 5.97 Å². The number of esters is 1. The molecule has 0 saturated carbocycles. The zero-order chi connectivity index (χ0) is 13.1. The largest absolute Gasteiger partial charge is 0.466 e. The first-order chi connectivity index (χ1) is 8.79. The van der Waals surface area contributed by atoms with Crippen LogP contribution in [0.25, 0.3) is 0 Å². The normalized spacial score (nSPS) is 26.5. The Morgan fingerprint density at radius 2 is 1.39 bits per heavy atom. The van der Waals surface area contributed by atoms with Gasteiger partial charge in [-0.05, 0) is 25.7 Å². The van der Waals surface area contributed by atoms with Crippen LogP contribution < -0.4 is 0 Å². The molecule has 3 nitrogen and oxygen atoms in total. The molecule has 0 aliphatic carbocycles. The van der Waals surface area contributed by atoms with Crippen LogP contribution in [0.1, 0.15) is 77.0 Å². The van der Waals surface area contributed by atoms with Crippen molar-refractivity contribution in [2.75, 3.05) is 6.61 Å². The third kappa shape index (κ3) is 8.51. The van der Waals surface area contributed by atoms with Crippen molar-refractivity contribution in [3.05, 3.63) is 0 Å². The second-order valence-corrected chi connectivity index (χ2v) is 5.38. The molecule has 1 aliphatic rings. The van der Waals surface area contributed by atoms with Crippen LogP contribution in [0.15, 0.2) is 0 Å². The summed E-state index contributed by atoms with van der Waals surface area (Å²) in [5.41, 5.74) is 0. The van der Waals surface area contributed by atoms with E-state index in [1.807, 2.05) is 0 Å². The van der Waals surface area contributed by atoms with Crippen LogP contribution in [0.3, 0.4) is 0 Å². The number of carbonyl (C=O) groups excluding carboxylic acids is 1. The third-order valence-electron chi connectivity index (χ3n) is 3.61. The van der Waals surface area contributed by atoms with Gasteiger partial charge in [-0.2, -0.15) is 0 Å². The minimum atomic E-state index is -0.211. The van der Waals surface area contributed by atoms with Crippen molar-refractivity contribution < 1.29 is 14.6 Å². The molecule has 1 N–H and O–H groups in total. The lowest BCUT2D eigenvalue weighted by Gasteiger charge is -2.11. The number of aliphatic hydroxyl groups excluding tert-OH is 1. The fourth-order valence-electron chi connectivity index (χ4n) is 2.43. The van der Waals surface area contributed by atoms with E-state index in [-0.39, 0.29) is 12.1 Å². The van der Waals surface area contributed by atoms with Gasteiger partial charge in [0.15, 0.2) is 0 Å². The standard InChI is InChI=1S/C15H28O3/c16-14-10-7-5-3-1-2-4-6-8-12-15(17)18-13-9-11-14/h14,16H,1-13H2/t14-/m1/s1. The Morgan fingerprint density at radius 1 is 0.833 bits per heavy atom. The maximum absolute atomic E-state index is 11.4. The summed E-state index contributed by atoms with van der Waals surface area (Å²) in [4.78, 5) is 11.4. The van der Waals surface area contributed by atoms with Crippen LogP contribution in [0, 0.1) is 0 Å². The van der Waals surface area contributed by atoms with Crippen LogP contribution in [0.5, 0.6) is 0 Å². The van der Waals surface area contributed by atoms with E-state index in [0.717, 1.165) is 38.5 Å². The molecule has 18 heavy (non-hydrogen) atoms. The average molecular weight is 256 g/mol. The molecular weight excluding hydrogens is 228 g/mol. The van der Waals surface area contributed by atoms with Crippen molar-refractivity contribution in [1.82, 2.24) is 0 Å². The number of aliphatic hydroxyl groups is 1. The van der Waals surface area contributed by atoms with Gasteiger partial charge in [0.2, 0.25) is 0 Å². The summed E-state index contributed by atoms with van der Waals surface area (Å²) in [6.07, 6.45) is 12.3. The second-order valence-electron chi connectivity index (χ2n) is 5.38. The van der Waals surface area contributed by atoms with Gasteiger partial charge in [-0.25, -0.2) is 0 Å². The minimum Gasteiger partial charge on any atom is -0.466 e. The number of ether oxygens (including phenoxy) is 1. The first-order valence-electron chi connectivity index (χ1n) is 7.63. The van der Waals surface area contributed by atoms with E-state index in [0.29, 0.717) is 13.0 Å². The van der Waals surface area contributed by atoms with Gasteiger partial charge in [0.1, 0.15) is 0 Å². The highest BCUT2D eigenvalue weighted by Gasteiger charge is 2.06. The molecule has 1 heterocycles. The van der Waals surface area contributed by atoms with Crippen molar-refractivity contribution >= 4 is 5.97 Å². The molecule has 0 amide bonds. The molecule has 0 bridgehead atoms. The molecule has 1 saturated heterocycles. The van der Waals surface area contributed by atoms with Crippen molar-refractivity contribution in [2.24, 2.45) is 0 Å². The summed E-state index contributed by atoms with van der Waals surface area (Å²) < 4.78 is 5.14. The Balaban J connectivity index is 2.20. The fourth-order valence-corrected chi connectivity index (χ4v) is 2.43. The highest BCUT2D eigenvalue weighted by Crippen LogP contribution is 2.14. The zero-order valence-electron chi connectivity index (χ0n) is 11.5. The monoisotopic (exact) mass is 256 g/mol. The van der Waals surface area contributed by atoms with Crippen molar-refractivity contribution in [3.8, 4) is 0 Å².